The molecule has 1 aromatic heterocycles. The Bertz CT molecular complexity index is 741. The van der Waals surface area contributed by atoms with E-state index in [2.05, 4.69) is 0 Å². The van der Waals surface area contributed by atoms with Gasteiger partial charge >= 0.3 is 6.18 Å². The molecule has 0 unspecified atom stereocenters. The molecule has 134 valence electrons. The molecule has 0 atom stereocenters. The third-order valence-electron chi connectivity index (χ3n) is 4.16. The second kappa shape index (κ2) is 7.25. The number of nitrogens with zero attached hydrogens (tertiary/aromatic N) is 2. The summed E-state index contributed by atoms with van der Waals surface area (Å²) in [5, 5.41) is 1.63. The molecule has 1 fully saturated rings. The molecule has 0 saturated carbocycles. The van der Waals surface area contributed by atoms with E-state index in [1.165, 1.54) is 6.07 Å². The lowest BCUT2D eigenvalue weighted by Crippen LogP contribution is -2.49. The van der Waals surface area contributed by atoms with Crippen LogP contribution in [-0.2, 0) is 17.4 Å². The monoisotopic (exact) mass is 388 g/mol. The third-order valence-corrected chi connectivity index (χ3v) is 5.36. The van der Waals surface area contributed by atoms with Crippen LogP contribution in [0.1, 0.15) is 10.4 Å². The van der Waals surface area contributed by atoms with Gasteiger partial charge in [0, 0.05) is 36.7 Å². The van der Waals surface area contributed by atoms with E-state index in [0.717, 1.165) is 10.9 Å². The Hall–Kier alpha value is -1.73. The predicted octanol–water partition coefficient (Wildman–Crippen LogP) is 4.31. The van der Waals surface area contributed by atoms with E-state index >= 15 is 0 Å². The number of thiophene rings is 1. The van der Waals surface area contributed by atoms with Gasteiger partial charge in [-0.1, -0.05) is 17.7 Å². The molecule has 3 rings (SSSR count). The Balaban J connectivity index is 1.63. The number of carbonyl (C=O) groups is 1. The molecule has 1 amide bonds. The number of rotatable bonds is 3. The quantitative estimate of drug-likeness (QED) is 0.782. The van der Waals surface area contributed by atoms with Crippen molar-refractivity contribution >= 4 is 34.5 Å². The molecule has 0 radical (unpaired) electrons. The number of benzene rings is 1. The van der Waals surface area contributed by atoms with E-state index in [1.54, 1.807) is 22.3 Å². The first-order chi connectivity index (χ1) is 11.8. The molecule has 0 N–H and O–H groups in total. The minimum Gasteiger partial charge on any atom is -0.368 e. The molecule has 0 aliphatic carbocycles. The Labute approximate surface area is 152 Å². The first-order valence-corrected chi connectivity index (χ1v) is 9.02. The zero-order valence-electron chi connectivity index (χ0n) is 13.2. The fraction of sp³-hybridized carbons (Fsp3) is 0.353. The van der Waals surface area contributed by atoms with Gasteiger partial charge < -0.3 is 9.80 Å². The number of alkyl halides is 3. The normalized spacial score (nSPS) is 15.5. The minimum atomic E-state index is -4.48. The lowest BCUT2D eigenvalue weighted by atomic mass is 10.1. The lowest BCUT2D eigenvalue weighted by Gasteiger charge is -2.36. The number of carbonyl (C=O) groups excluding carboxylic acids is 1. The molecule has 1 aromatic carbocycles. The van der Waals surface area contributed by atoms with Crippen molar-refractivity contribution < 1.29 is 18.0 Å². The van der Waals surface area contributed by atoms with Crippen LogP contribution < -0.4 is 4.90 Å². The van der Waals surface area contributed by atoms with Crippen molar-refractivity contribution in [2.45, 2.75) is 12.6 Å². The van der Waals surface area contributed by atoms with Gasteiger partial charge in [0.15, 0.2) is 0 Å². The highest BCUT2D eigenvalue weighted by atomic mass is 35.5. The number of hydrogen-bond donors (Lipinski definition) is 0. The van der Waals surface area contributed by atoms with E-state index in [-0.39, 0.29) is 10.9 Å². The zero-order valence-corrected chi connectivity index (χ0v) is 14.8. The summed E-state index contributed by atoms with van der Waals surface area (Å²) >= 11 is 7.20. The summed E-state index contributed by atoms with van der Waals surface area (Å²) < 4.78 is 39.0. The summed E-state index contributed by atoms with van der Waals surface area (Å²) in [6.07, 6.45) is -4.11. The van der Waals surface area contributed by atoms with Crippen molar-refractivity contribution in [2.24, 2.45) is 0 Å². The average Bonchev–Trinajstić information content (AvgIpc) is 3.07. The first kappa shape index (κ1) is 18.1. The topological polar surface area (TPSA) is 23.6 Å². The average molecular weight is 389 g/mol. The Kier molecular flexibility index (Phi) is 5.24. The minimum absolute atomic E-state index is 0.0502. The Morgan fingerprint density at radius 1 is 1.16 bits per heavy atom. The molecule has 0 spiro atoms. The largest absolute Gasteiger partial charge is 0.417 e. The predicted molar refractivity (Wildman–Crippen MR) is 93.3 cm³/mol. The molecule has 8 heteroatoms. The molecule has 1 aliphatic heterocycles. The maximum absolute atomic E-state index is 13.0. The second-order valence-corrected chi connectivity index (χ2v) is 7.23. The first-order valence-electron chi connectivity index (χ1n) is 7.76. The van der Waals surface area contributed by atoms with E-state index in [4.69, 9.17) is 11.6 Å². The number of amides is 1. The van der Waals surface area contributed by atoms with Crippen molar-refractivity contribution in [2.75, 3.05) is 31.1 Å². The van der Waals surface area contributed by atoms with Gasteiger partial charge in [-0.25, -0.2) is 0 Å². The standard InChI is InChI=1S/C17H16ClF3N2OS/c18-15-4-3-12(10-14(15)17(19,20)21)22-5-7-23(8-6-22)16(24)11-13-2-1-9-25-13/h1-4,9-10H,5-8,11H2. The summed E-state index contributed by atoms with van der Waals surface area (Å²) in [5.41, 5.74) is -0.357. The van der Waals surface area contributed by atoms with Crippen molar-refractivity contribution in [3.63, 3.8) is 0 Å². The molecule has 1 aliphatic rings. The molecule has 2 heterocycles. The van der Waals surface area contributed by atoms with Gasteiger partial charge in [0.05, 0.1) is 17.0 Å². The van der Waals surface area contributed by atoms with Crippen LogP contribution in [0, 0.1) is 0 Å². The fourth-order valence-corrected chi connectivity index (χ4v) is 3.74. The molecule has 3 nitrogen and oxygen atoms in total. The zero-order chi connectivity index (χ0) is 18.0. The molecule has 0 bridgehead atoms. The van der Waals surface area contributed by atoms with Gasteiger partial charge in [-0.2, -0.15) is 13.2 Å². The van der Waals surface area contributed by atoms with Crippen LogP contribution in [0.5, 0.6) is 0 Å². The second-order valence-electron chi connectivity index (χ2n) is 5.79. The fourth-order valence-electron chi connectivity index (χ4n) is 2.82. The lowest BCUT2D eigenvalue weighted by molar-refractivity contribution is -0.137. The summed E-state index contributed by atoms with van der Waals surface area (Å²) in [6, 6.07) is 7.76. The maximum Gasteiger partial charge on any atom is 0.417 e. The molecule has 2 aromatic rings. The van der Waals surface area contributed by atoms with E-state index in [0.29, 0.717) is 38.3 Å². The van der Waals surface area contributed by atoms with E-state index in [1.807, 2.05) is 22.4 Å². The van der Waals surface area contributed by atoms with Crippen LogP contribution in [0.25, 0.3) is 0 Å². The van der Waals surface area contributed by atoms with E-state index < -0.39 is 11.7 Å². The van der Waals surface area contributed by atoms with Gasteiger partial charge in [0.1, 0.15) is 0 Å². The highest BCUT2D eigenvalue weighted by Gasteiger charge is 2.34. The number of halogens is 4. The summed E-state index contributed by atoms with van der Waals surface area (Å²) in [6.45, 7) is 1.98. The Morgan fingerprint density at radius 3 is 2.48 bits per heavy atom. The highest BCUT2D eigenvalue weighted by molar-refractivity contribution is 7.10. The number of piperazine rings is 1. The van der Waals surface area contributed by atoms with Gasteiger partial charge in [0.2, 0.25) is 5.91 Å². The van der Waals surface area contributed by atoms with Crippen molar-refractivity contribution in [1.29, 1.82) is 0 Å². The van der Waals surface area contributed by atoms with E-state index in [9.17, 15) is 18.0 Å². The van der Waals surface area contributed by atoms with Gasteiger partial charge in [-0.15, -0.1) is 11.3 Å². The van der Waals surface area contributed by atoms with Crippen molar-refractivity contribution in [3.8, 4) is 0 Å². The summed E-state index contributed by atoms with van der Waals surface area (Å²) in [4.78, 5) is 16.9. The van der Waals surface area contributed by atoms with Crippen LogP contribution in [0.15, 0.2) is 35.7 Å². The van der Waals surface area contributed by atoms with Gasteiger partial charge in [0.25, 0.3) is 0 Å². The molecule has 25 heavy (non-hydrogen) atoms. The van der Waals surface area contributed by atoms with Crippen LogP contribution in [0.2, 0.25) is 5.02 Å². The van der Waals surface area contributed by atoms with Crippen molar-refractivity contribution in [1.82, 2.24) is 4.90 Å². The smallest absolute Gasteiger partial charge is 0.368 e. The SMILES string of the molecule is O=C(Cc1cccs1)N1CCN(c2ccc(Cl)c(C(F)(F)F)c2)CC1. The Morgan fingerprint density at radius 2 is 1.88 bits per heavy atom. The van der Waals surface area contributed by atoms with Gasteiger partial charge in [-0.05, 0) is 29.6 Å². The number of anilines is 1. The summed E-state index contributed by atoms with van der Waals surface area (Å²) in [7, 11) is 0. The molecular formula is C17H16ClF3N2OS. The van der Waals surface area contributed by atoms with Crippen LogP contribution in [0.4, 0.5) is 18.9 Å². The van der Waals surface area contributed by atoms with Crippen LogP contribution in [-0.4, -0.2) is 37.0 Å². The van der Waals surface area contributed by atoms with Gasteiger partial charge in [-0.3, -0.25) is 4.79 Å². The number of hydrogen-bond acceptors (Lipinski definition) is 3. The van der Waals surface area contributed by atoms with Crippen LogP contribution in [0.3, 0.4) is 0 Å². The highest BCUT2D eigenvalue weighted by Crippen LogP contribution is 2.37. The maximum atomic E-state index is 13.0. The van der Waals surface area contributed by atoms with Crippen molar-refractivity contribution in [3.05, 3.63) is 51.2 Å². The third kappa shape index (κ3) is 4.27. The molecular weight excluding hydrogens is 373 g/mol. The summed E-state index contributed by atoms with van der Waals surface area (Å²) in [5.74, 6) is 0.0502. The molecule has 1 saturated heterocycles. The van der Waals surface area contributed by atoms with Crippen LogP contribution >= 0.6 is 22.9 Å².